The van der Waals surface area contributed by atoms with Gasteiger partial charge in [-0.1, -0.05) is 66.9 Å². The molecule has 0 atom stereocenters. The number of rotatable bonds is 5. The molecule has 0 bridgehead atoms. The summed E-state index contributed by atoms with van der Waals surface area (Å²) in [5.41, 5.74) is 1.20. The van der Waals surface area contributed by atoms with E-state index in [1.807, 2.05) is 30.3 Å². The third-order valence-corrected chi connectivity index (χ3v) is 6.50. The molecule has 1 saturated carbocycles. The average molecular weight is 402 g/mol. The van der Waals surface area contributed by atoms with Crippen LogP contribution in [0.25, 0.3) is 17.1 Å². The van der Waals surface area contributed by atoms with E-state index >= 15 is 0 Å². The van der Waals surface area contributed by atoms with Gasteiger partial charge in [-0.3, -0.25) is 4.57 Å². The predicted octanol–water partition coefficient (Wildman–Crippen LogP) is 6.40. The molecule has 0 spiro atoms. The first-order valence-corrected chi connectivity index (χ1v) is 10.7. The van der Waals surface area contributed by atoms with Crippen molar-refractivity contribution in [1.29, 1.82) is 0 Å². The molecule has 3 nitrogen and oxygen atoms in total. The van der Waals surface area contributed by atoms with Gasteiger partial charge in [0.05, 0.1) is 10.7 Å². The first-order valence-electron chi connectivity index (χ1n) is 9.32. The van der Waals surface area contributed by atoms with Crippen LogP contribution in [-0.2, 0) is 0 Å². The van der Waals surface area contributed by atoms with Gasteiger partial charge in [0.25, 0.3) is 0 Å². The van der Waals surface area contributed by atoms with Crippen LogP contribution in [0.1, 0.15) is 32.1 Å². The highest BCUT2D eigenvalue weighted by Crippen LogP contribution is 2.35. The van der Waals surface area contributed by atoms with Gasteiger partial charge in [0, 0.05) is 11.3 Å². The Morgan fingerprint density at radius 1 is 1.00 bits per heavy atom. The summed E-state index contributed by atoms with van der Waals surface area (Å²) in [6, 6.07) is 14.2. The summed E-state index contributed by atoms with van der Waals surface area (Å²) >= 11 is 8.04. The van der Waals surface area contributed by atoms with Crippen molar-refractivity contribution in [2.24, 2.45) is 5.92 Å². The summed E-state index contributed by atoms with van der Waals surface area (Å²) < 4.78 is 16.4. The second-order valence-electron chi connectivity index (χ2n) is 6.89. The van der Waals surface area contributed by atoms with Crippen molar-refractivity contribution in [1.82, 2.24) is 14.8 Å². The van der Waals surface area contributed by atoms with Crippen molar-refractivity contribution >= 4 is 23.4 Å². The quantitative estimate of drug-likeness (QED) is 0.463. The Kier molecular flexibility index (Phi) is 5.79. The lowest BCUT2D eigenvalue weighted by Crippen LogP contribution is -2.10. The van der Waals surface area contributed by atoms with Gasteiger partial charge in [-0.05, 0) is 43.0 Å². The van der Waals surface area contributed by atoms with Gasteiger partial charge in [-0.15, -0.1) is 10.2 Å². The first-order chi connectivity index (χ1) is 13.2. The van der Waals surface area contributed by atoms with E-state index in [4.69, 9.17) is 11.6 Å². The number of hydrogen-bond acceptors (Lipinski definition) is 3. The monoisotopic (exact) mass is 401 g/mol. The topological polar surface area (TPSA) is 30.7 Å². The molecule has 6 heteroatoms. The Balaban J connectivity index is 1.73. The van der Waals surface area contributed by atoms with Gasteiger partial charge in [-0.25, -0.2) is 4.39 Å². The van der Waals surface area contributed by atoms with Crippen molar-refractivity contribution in [2.75, 3.05) is 5.75 Å². The minimum absolute atomic E-state index is 0.301. The molecule has 3 aromatic rings. The molecule has 1 aliphatic carbocycles. The van der Waals surface area contributed by atoms with Gasteiger partial charge < -0.3 is 0 Å². The fourth-order valence-electron chi connectivity index (χ4n) is 3.58. The maximum Gasteiger partial charge on any atom is 0.196 e. The Labute approximate surface area is 168 Å². The van der Waals surface area contributed by atoms with E-state index in [2.05, 4.69) is 10.2 Å². The highest BCUT2D eigenvalue weighted by Gasteiger charge is 2.21. The van der Waals surface area contributed by atoms with E-state index in [1.165, 1.54) is 38.2 Å². The SMILES string of the molecule is Fc1ccccc1-n1c(SCC2CCCCC2)nnc1-c1ccccc1Cl. The van der Waals surface area contributed by atoms with Gasteiger partial charge in [0.1, 0.15) is 5.82 Å². The highest BCUT2D eigenvalue weighted by atomic mass is 35.5. The van der Waals surface area contributed by atoms with E-state index in [-0.39, 0.29) is 5.82 Å². The zero-order valence-corrected chi connectivity index (χ0v) is 16.5. The molecular formula is C21H21ClFN3S. The standard InChI is InChI=1S/C21H21ClFN3S/c22-17-11-5-4-10-16(17)20-24-25-21(27-14-15-8-2-1-3-9-15)26(20)19-13-7-6-12-18(19)23/h4-7,10-13,15H,1-3,8-9,14H2. The average Bonchev–Trinajstić information content (AvgIpc) is 3.11. The molecule has 0 amide bonds. The van der Waals surface area contributed by atoms with Crippen molar-refractivity contribution in [3.63, 3.8) is 0 Å². The molecule has 0 radical (unpaired) electrons. The lowest BCUT2D eigenvalue weighted by Gasteiger charge is -2.21. The van der Waals surface area contributed by atoms with Crippen molar-refractivity contribution in [3.8, 4) is 17.1 Å². The largest absolute Gasteiger partial charge is 0.267 e. The molecule has 0 saturated heterocycles. The van der Waals surface area contributed by atoms with E-state index in [1.54, 1.807) is 28.5 Å². The van der Waals surface area contributed by atoms with Crippen molar-refractivity contribution < 1.29 is 4.39 Å². The number of halogens is 2. The van der Waals surface area contributed by atoms with Crippen LogP contribution in [0.5, 0.6) is 0 Å². The normalized spacial score (nSPS) is 15.2. The molecule has 140 valence electrons. The van der Waals surface area contributed by atoms with E-state index in [0.29, 0.717) is 27.6 Å². The summed E-state index contributed by atoms with van der Waals surface area (Å²) in [4.78, 5) is 0. The molecule has 0 N–H and O–H groups in total. The maximum atomic E-state index is 14.6. The van der Waals surface area contributed by atoms with Crippen LogP contribution in [0.15, 0.2) is 53.7 Å². The number of nitrogens with zero attached hydrogens (tertiary/aromatic N) is 3. The summed E-state index contributed by atoms with van der Waals surface area (Å²) in [6.45, 7) is 0. The van der Waals surface area contributed by atoms with Crippen molar-refractivity contribution in [2.45, 2.75) is 37.3 Å². The zero-order chi connectivity index (χ0) is 18.6. The van der Waals surface area contributed by atoms with E-state index in [9.17, 15) is 4.39 Å². The van der Waals surface area contributed by atoms with Gasteiger partial charge >= 0.3 is 0 Å². The number of para-hydroxylation sites is 1. The van der Waals surface area contributed by atoms with Crippen LogP contribution in [0, 0.1) is 11.7 Å². The summed E-state index contributed by atoms with van der Waals surface area (Å²) in [5.74, 6) is 1.94. The molecule has 1 aromatic heterocycles. The first kappa shape index (κ1) is 18.5. The van der Waals surface area contributed by atoms with Crippen LogP contribution in [0.4, 0.5) is 4.39 Å². The molecular weight excluding hydrogens is 381 g/mol. The number of thioether (sulfide) groups is 1. The van der Waals surface area contributed by atoms with Crippen LogP contribution < -0.4 is 0 Å². The lowest BCUT2D eigenvalue weighted by atomic mass is 9.91. The Morgan fingerprint density at radius 3 is 2.52 bits per heavy atom. The summed E-state index contributed by atoms with van der Waals surface area (Å²) in [5, 5.41) is 10.0. The molecule has 2 aromatic carbocycles. The van der Waals surface area contributed by atoms with E-state index < -0.39 is 0 Å². The molecule has 0 unspecified atom stereocenters. The lowest BCUT2D eigenvalue weighted by molar-refractivity contribution is 0.390. The predicted molar refractivity (Wildman–Crippen MR) is 109 cm³/mol. The fraction of sp³-hybridized carbons (Fsp3) is 0.333. The van der Waals surface area contributed by atoms with E-state index in [0.717, 1.165) is 11.3 Å². The smallest absolute Gasteiger partial charge is 0.196 e. The number of aromatic nitrogens is 3. The molecule has 0 aliphatic heterocycles. The Hall–Kier alpha value is -1.85. The fourth-order valence-corrected chi connectivity index (χ4v) is 4.93. The minimum Gasteiger partial charge on any atom is -0.267 e. The Bertz CT molecular complexity index is 921. The number of hydrogen-bond donors (Lipinski definition) is 0. The molecule has 4 rings (SSSR count). The molecule has 27 heavy (non-hydrogen) atoms. The van der Waals surface area contributed by atoms with Crippen LogP contribution in [0.3, 0.4) is 0 Å². The Morgan fingerprint density at radius 2 is 1.74 bits per heavy atom. The number of benzene rings is 2. The second kappa shape index (κ2) is 8.44. The van der Waals surface area contributed by atoms with Crippen LogP contribution in [0.2, 0.25) is 5.02 Å². The van der Waals surface area contributed by atoms with Crippen molar-refractivity contribution in [3.05, 3.63) is 59.4 Å². The third-order valence-electron chi connectivity index (χ3n) is 5.01. The summed E-state index contributed by atoms with van der Waals surface area (Å²) in [7, 11) is 0. The maximum absolute atomic E-state index is 14.6. The minimum atomic E-state index is -0.301. The second-order valence-corrected chi connectivity index (χ2v) is 8.28. The highest BCUT2D eigenvalue weighted by molar-refractivity contribution is 7.99. The van der Waals surface area contributed by atoms with Crippen LogP contribution >= 0.6 is 23.4 Å². The van der Waals surface area contributed by atoms with Gasteiger partial charge in [-0.2, -0.15) is 0 Å². The molecule has 1 aliphatic rings. The van der Waals surface area contributed by atoms with Gasteiger partial charge in [0.2, 0.25) is 0 Å². The van der Waals surface area contributed by atoms with Crippen LogP contribution in [-0.4, -0.2) is 20.5 Å². The van der Waals surface area contributed by atoms with Gasteiger partial charge in [0.15, 0.2) is 11.0 Å². The zero-order valence-electron chi connectivity index (χ0n) is 14.9. The summed E-state index contributed by atoms with van der Waals surface area (Å²) in [6.07, 6.45) is 6.46. The third kappa shape index (κ3) is 4.04. The molecule has 1 heterocycles. The molecule has 1 fully saturated rings.